The van der Waals surface area contributed by atoms with Gasteiger partial charge in [0.25, 0.3) is 0 Å². The smallest absolute Gasteiger partial charge is 0.227 e. The zero-order chi connectivity index (χ0) is 26.0. The zero-order valence-electron chi connectivity index (χ0n) is 20.7. The maximum absolute atomic E-state index is 12.4. The van der Waals surface area contributed by atoms with Crippen LogP contribution in [0.4, 0.5) is 11.6 Å². The lowest BCUT2D eigenvalue weighted by molar-refractivity contribution is 0.0988. The molecule has 1 N–H and O–H groups in total. The lowest BCUT2D eigenvalue weighted by atomic mass is 9.95. The first-order valence-corrected chi connectivity index (χ1v) is 14.3. The van der Waals surface area contributed by atoms with Gasteiger partial charge in [-0.3, -0.25) is 4.79 Å². The fourth-order valence-electron chi connectivity index (χ4n) is 4.69. The van der Waals surface area contributed by atoms with Crippen LogP contribution in [0.3, 0.4) is 0 Å². The van der Waals surface area contributed by atoms with Gasteiger partial charge in [-0.15, -0.1) is 0 Å². The Labute approximate surface area is 220 Å². The van der Waals surface area contributed by atoms with Crippen molar-refractivity contribution in [2.75, 3.05) is 25.7 Å². The summed E-state index contributed by atoms with van der Waals surface area (Å²) in [6.45, 7) is 1.82. The molecule has 2 aromatic carbocycles. The van der Waals surface area contributed by atoms with Crippen LogP contribution >= 0.6 is 15.9 Å². The molecule has 1 heterocycles. The van der Waals surface area contributed by atoms with Crippen molar-refractivity contribution >= 4 is 43.4 Å². The number of methoxy groups -OCH3 is 1. The Morgan fingerprint density at radius 2 is 2.00 bits per heavy atom. The Kier molecular flexibility index (Phi) is 7.77. The molecule has 36 heavy (non-hydrogen) atoms. The second-order valence-corrected chi connectivity index (χ2v) is 11.8. The van der Waals surface area contributed by atoms with E-state index in [4.69, 9.17) is 9.72 Å². The molecule has 2 atom stereocenters. The lowest BCUT2D eigenvalue weighted by Gasteiger charge is -2.28. The molecule has 1 aliphatic rings. The number of carbonyl (C=O) groups excluding carboxylic acids is 1. The second kappa shape index (κ2) is 10.7. The third-order valence-electron chi connectivity index (χ3n) is 6.58. The van der Waals surface area contributed by atoms with E-state index in [0.29, 0.717) is 35.8 Å². The number of carbonyl (C=O) groups is 1. The van der Waals surface area contributed by atoms with E-state index in [1.54, 1.807) is 38.6 Å². The summed E-state index contributed by atoms with van der Waals surface area (Å²) in [6, 6.07) is 12.9. The normalized spacial score (nSPS) is 17.2. The predicted octanol–water partition coefficient (Wildman–Crippen LogP) is 4.93. The first-order chi connectivity index (χ1) is 17.1. The minimum absolute atomic E-state index is 0.00931. The molecule has 3 aromatic rings. The molecule has 0 radical (unpaired) electrons. The zero-order valence-corrected chi connectivity index (χ0v) is 23.1. The van der Waals surface area contributed by atoms with E-state index in [9.17, 15) is 13.2 Å². The van der Waals surface area contributed by atoms with Gasteiger partial charge in [0.1, 0.15) is 5.75 Å². The quantitative estimate of drug-likeness (QED) is 0.362. The number of fused-ring (bicyclic) bond motifs is 1. The van der Waals surface area contributed by atoms with Crippen molar-refractivity contribution in [3.05, 3.63) is 75.5 Å². The number of aromatic nitrogens is 2. The summed E-state index contributed by atoms with van der Waals surface area (Å²) in [5.41, 5.74) is 4.18. The van der Waals surface area contributed by atoms with Crippen LogP contribution in [0, 0.1) is 5.92 Å². The Morgan fingerprint density at radius 1 is 1.25 bits per heavy atom. The molecule has 8 nitrogen and oxygen atoms in total. The van der Waals surface area contributed by atoms with Gasteiger partial charge in [0.2, 0.25) is 16.0 Å². The monoisotopic (exact) mass is 572 g/mol. The summed E-state index contributed by atoms with van der Waals surface area (Å²) >= 11 is 3.57. The van der Waals surface area contributed by atoms with Gasteiger partial charge >= 0.3 is 0 Å². The summed E-state index contributed by atoms with van der Waals surface area (Å²) < 4.78 is 32.6. The Morgan fingerprint density at radius 3 is 2.69 bits per heavy atom. The standard InChI is InChI=1S/C26H29BrN4O4S/c1-5-23(32)17-10-11-21(24(14-17)35-3)29-26-28-15-20(27)22(30-26)13-18-12-16-8-6-7-9-19(16)25(18)31(2)36(4,33)34/h6-11,14-15,18,25H,5,12-13H2,1-4H3,(H,28,29,30)/t18-,25-/m0/s1. The number of ether oxygens (including phenoxy) is 1. The van der Waals surface area contributed by atoms with Gasteiger partial charge in [0.15, 0.2) is 5.78 Å². The number of sulfonamides is 1. The molecule has 0 aliphatic heterocycles. The van der Waals surface area contributed by atoms with Gasteiger partial charge in [0.05, 0.1) is 35.3 Å². The summed E-state index contributed by atoms with van der Waals surface area (Å²) in [7, 11) is -0.212. The van der Waals surface area contributed by atoms with Crippen LogP contribution in [0.1, 0.15) is 46.6 Å². The average Bonchev–Trinajstić information content (AvgIpc) is 3.22. The van der Waals surface area contributed by atoms with Crippen LogP contribution < -0.4 is 10.1 Å². The van der Waals surface area contributed by atoms with Gasteiger partial charge in [-0.05, 0) is 64.0 Å². The number of nitrogens with one attached hydrogen (secondary N) is 1. The molecule has 10 heteroatoms. The van der Waals surface area contributed by atoms with Crippen molar-refractivity contribution in [3.8, 4) is 5.75 Å². The summed E-state index contributed by atoms with van der Waals surface area (Å²) in [5.74, 6) is 0.941. The number of hydrogen-bond donors (Lipinski definition) is 1. The SMILES string of the molecule is CCC(=O)c1ccc(Nc2ncc(Br)c(C[C@@H]3Cc4ccccc4[C@H]3N(C)S(C)(=O)=O)n2)c(OC)c1. The molecule has 0 saturated carbocycles. The molecule has 0 spiro atoms. The van der Waals surface area contributed by atoms with Gasteiger partial charge in [0, 0.05) is 25.2 Å². The number of ketones is 1. The average molecular weight is 574 g/mol. The number of anilines is 2. The lowest BCUT2D eigenvalue weighted by Crippen LogP contribution is -2.33. The maximum Gasteiger partial charge on any atom is 0.227 e. The van der Waals surface area contributed by atoms with Gasteiger partial charge in [-0.25, -0.2) is 18.4 Å². The molecule has 1 aliphatic carbocycles. The number of Topliss-reactive ketones (excluding diaryl/α,β-unsaturated/α-hetero) is 1. The molecule has 1 aromatic heterocycles. The van der Waals surface area contributed by atoms with E-state index in [1.807, 2.05) is 25.1 Å². The molecule has 0 fully saturated rings. The van der Waals surface area contributed by atoms with E-state index < -0.39 is 10.0 Å². The Hall–Kier alpha value is -2.82. The highest BCUT2D eigenvalue weighted by atomic mass is 79.9. The Balaban J connectivity index is 1.62. The van der Waals surface area contributed by atoms with Crippen molar-refractivity contribution in [3.63, 3.8) is 0 Å². The minimum Gasteiger partial charge on any atom is -0.495 e. The summed E-state index contributed by atoms with van der Waals surface area (Å²) in [5, 5.41) is 3.19. The van der Waals surface area contributed by atoms with Crippen molar-refractivity contribution in [1.29, 1.82) is 0 Å². The predicted molar refractivity (Wildman–Crippen MR) is 143 cm³/mol. The van der Waals surface area contributed by atoms with E-state index in [-0.39, 0.29) is 17.7 Å². The summed E-state index contributed by atoms with van der Waals surface area (Å²) in [6.07, 6.45) is 4.64. The minimum atomic E-state index is -3.39. The van der Waals surface area contributed by atoms with E-state index in [0.717, 1.165) is 27.7 Å². The molecule has 0 unspecified atom stereocenters. The summed E-state index contributed by atoms with van der Waals surface area (Å²) in [4.78, 5) is 21.2. The van der Waals surface area contributed by atoms with Crippen LogP contribution in [0.15, 0.2) is 53.1 Å². The highest BCUT2D eigenvalue weighted by Crippen LogP contribution is 2.42. The van der Waals surface area contributed by atoms with E-state index in [2.05, 4.69) is 32.3 Å². The molecular formula is C26H29BrN4O4S. The van der Waals surface area contributed by atoms with Crippen LogP contribution in [-0.2, 0) is 22.9 Å². The highest BCUT2D eigenvalue weighted by Gasteiger charge is 2.38. The Bertz CT molecular complexity index is 1400. The third-order valence-corrected chi connectivity index (χ3v) is 8.52. The van der Waals surface area contributed by atoms with E-state index >= 15 is 0 Å². The second-order valence-electron chi connectivity index (χ2n) is 8.90. The molecule has 0 amide bonds. The first-order valence-electron chi connectivity index (χ1n) is 11.6. The van der Waals surface area contributed by atoms with Crippen molar-refractivity contribution < 1.29 is 17.9 Å². The number of halogens is 1. The fraction of sp³-hybridized carbons (Fsp3) is 0.346. The van der Waals surface area contributed by atoms with Crippen LogP contribution in [0.25, 0.3) is 0 Å². The number of hydrogen-bond acceptors (Lipinski definition) is 7. The van der Waals surface area contributed by atoms with Gasteiger partial charge in [-0.2, -0.15) is 4.31 Å². The van der Waals surface area contributed by atoms with Crippen molar-refractivity contribution in [2.45, 2.75) is 32.2 Å². The molecule has 0 saturated heterocycles. The van der Waals surface area contributed by atoms with Crippen LogP contribution in [-0.4, -0.2) is 48.9 Å². The number of rotatable bonds is 9. The molecule has 190 valence electrons. The fourth-order valence-corrected chi connectivity index (χ4v) is 5.74. The largest absolute Gasteiger partial charge is 0.495 e. The molecule has 4 rings (SSSR count). The number of benzene rings is 2. The van der Waals surface area contributed by atoms with Crippen LogP contribution in [0.2, 0.25) is 0 Å². The first kappa shape index (κ1) is 26.2. The van der Waals surface area contributed by atoms with Crippen molar-refractivity contribution in [1.82, 2.24) is 14.3 Å². The molecular weight excluding hydrogens is 544 g/mol. The highest BCUT2D eigenvalue weighted by molar-refractivity contribution is 9.10. The maximum atomic E-state index is 12.4. The topological polar surface area (TPSA) is 101 Å². The van der Waals surface area contributed by atoms with Crippen molar-refractivity contribution in [2.24, 2.45) is 5.92 Å². The van der Waals surface area contributed by atoms with Crippen LogP contribution in [0.5, 0.6) is 5.75 Å². The number of nitrogens with zero attached hydrogens (tertiary/aromatic N) is 3. The van der Waals surface area contributed by atoms with Gasteiger partial charge < -0.3 is 10.1 Å². The van der Waals surface area contributed by atoms with E-state index in [1.165, 1.54) is 10.6 Å². The molecule has 0 bridgehead atoms. The van der Waals surface area contributed by atoms with Gasteiger partial charge in [-0.1, -0.05) is 31.2 Å². The third kappa shape index (κ3) is 5.45.